The van der Waals surface area contributed by atoms with Crippen LogP contribution in [0.2, 0.25) is 0 Å². The summed E-state index contributed by atoms with van der Waals surface area (Å²) in [4.78, 5) is 16.7. The van der Waals surface area contributed by atoms with Gasteiger partial charge in [0.25, 0.3) is 5.91 Å². The van der Waals surface area contributed by atoms with Gasteiger partial charge in [0.05, 0.1) is 14.2 Å². The van der Waals surface area contributed by atoms with Crippen LogP contribution in [0.1, 0.15) is 15.9 Å². The van der Waals surface area contributed by atoms with Gasteiger partial charge in [0.15, 0.2) is 5.82 Å². The molecule has 2 aromatic carbocycles. The van der Waals surface area contributed by atoms with E-state index >= 15 is 0 Å². The van der Waals surface area contributed by atoms with Gasteiger partial charge in [-0.25, -0.2) is 4.98 Å². The van der Waals surface area contributed by atoms with Crippen molar-refractivity contribution >= 4 is 11.6 Å². The second-order valence-electron chi connectivity index (χ2n) is 5.37. The summed E-state index contributed by atoms with van der Waals surface area (Å²) in [6.45, 7) is 1.88. The molecule has 0 saturated heterocycles. The van der Waals surface area contributed by atoms with Gasteiger partial charge in [0, 0.05) is 22.4 Å². The zero-order valence-corrected chi connectivity index (χ0v) is 14.2. The Morgan fingerprint density at radius 2 is 1.84 bits per heavy atom. The summed E-state index contributed by atoms with van der Waals surface area (Å²) in [5.74, 6) is 1.57. The number of hydrogen-bond acceptors (Lipinski definition) is 5. The van der Waals surface area contributed by atoms with Crippen molar-refractivity contribution in [2.75, 3.05) is 19.5 Å². The van der Waals surface area contributed by atoms with Gasteiger partial charge in [-0.2, -0.15) is 5.10 Å². The summed E-state index contributed by atoms with van der Waals surface area (Å²) < 4.78 is 10.6. The SMILES string of the molecule is COc1cc(C(=O)Nc2cccc(-c3ncn[nH]3)c2)cc(OC)c1C. The molecule has 0 aliphatic heterocycles. The van der Waals surface area contributed by atoms with Gasteiger partial charge in [0.1, 0.15) is 17.8 Å². The first-order chi connectivity index (χ1) is 12.1. The van der Waals surface area contributed by atoms with Crippen LogP contribution in [-0.2, 0) is 0 Å². The zero-order valence-electron chi connectivity index (χ0n) is 14.2. The fourth-order valence-electron chi connectivity index (χ4n) is 2.51. The molecule has 0 aliphatic carbocycles. The van der Waals surface area contributed by atoms with Crippen molar-refractivity contribution in [2.45, 2.75) is 6.92 Å². The third kappa shape index (κ3) is 3.45. The van der Waals surface area contributed by atoms with E-state index in [-0.39, 0.29) is 5.91 Å². The molecular weight excluding hydrogens is 320 g/mol. The topological polar surface area (TPSA) is 89.1 Å². The molecule has 0 fully saturated rings. The molecule has 3 aromatic rings. The van der Waals surface area contributed by atoms with Crippen LogP contribution in [0.15, 0.2) is 42.7 Å². The Balaban J connectivity index is 1.87. The molecule has 25 heavy (non-hydrogen) atoms. The molecule has 2 N–H and O–H groups in total. The highest BCUT2D eigenvalue weighted by Crippen LogP contribution is 2.30. The van der Waals surface area contributed by atoms with E-state index in [2.05, 4.69) is 20.5 Å². The van der Waals surface area contributed by atoms with Gasteiger partial charge >= 0.3 is 0 Å². The summed E-state index contributed by atoms with van der Waals surface area (Å²) in [5, 5.41) is 9.50. The minimum absolute atomic E-state index is 0.258. The highest BCUT2D eigenvalue weighted by Gasteiger charge is 2.14. The molecule has 1 aromatic heterocycles. The molecule has 1 amide bonds. The van der Waals surface area contributed by atoms with Gasteiger partial charge < -0.3 is 14.8 Å². The Labute approximate surface area is 145 Å². The molecule has 128 valence electrons. The summed E-state index contributed by atoms with van der Waals surface area (Å²) in [5.41, 5.74) is 2.77. The van der Waals surface area contributed by atoms with E-state index in [1.807, 2.05) is 25.1 Å². The number of methoxy groups -OCH3 is 2. The van der Waals surface area contributed by atoms with E-state index in [1.165, 1.54) is 6.33 Å². The quantitative estimate of drug-likeness (QED) is 0.746. The van der Waals surface area contributed by atoms with Crippen molar-refractivity contribution in [1.82, 2.24) is 15.2 Å². The Morgan fingerprint density at radius 1 is 1.12 bits per heavy atom. The predicted molar refractivity (Wildman–Crippen MR) is 94.1 cm³/mol. The van der Waals surface area contributed by atoms with Gasteiger partial charge in [-0.15, -0.1) is 0 Å². The van der Waals surface area contributed by atoms with E-state index in [4.69, 9.17) is 9.47 Å². The van der Waals surface area contributed by atoms with Gasteiger partial charge in [-0.05, 0) is 31.2 Å². The standard InChI is InChI=1S/C18H18N4O3/c1-11-15(24-2)8-13(9-16(11)25-3)18(23)21-14-6-4-5-12(7-14)17-19-10-20-22-17/h4-10H,1-3H3,(H,21,23)(H,19,20,22). The van der Waals surface area contributed by atoms with E-state index in [1.54, 1.807) is 32.4 Å². The number of nitrogens with one attached hydrogen (secondary N) is 2. The maximum atomic E-state index is 12.6. The maximum Gasteiger partial charge on any atom is 0.255 e. The fraction of sp³-hybridized carbons (Fsp3) is 0.167. The van der Waals surface area contributed by atoms with E-state index < -0.39 is 0 Å². The molecular formula is C18H18N4O3. The third-order valence-electron chi connectivity index (χ3n) is 3.82. The number of carbonyl (C=O) groups excluding carboxylic acids is 1. The Kier molecular flexibility index (Phi) is 4.65. The average molecular weight is 338 g/mol. The summed E-state index contributed by atoms with van der Waals surface area (Å²) in [7, 11) is 3.12. The number of carbonyl (C=O) groups is 1. The average Bonchev–Trinajstić information content (AvgIpc) is 3.17. The fourth-order valence-corrected chi connectivity index (χ4v) is 2.51. The monoisotopic (exact) mass is 338 g/mol. The number of H-pyrrole nitrogens is 1. The van der Waals surface area contributed by atoms with Crippen LogP contribution in [0.3, 0.4) is 0 Å². The lowest BCUT2D eigenvalue weighted by Crippen LogP contribution is -2.12. The first kappa shape index (κ1) is 16.5. The number of nitrogens with zero attached hydrogens (tertiary/aromatic N) is 2. The number of rotatable bonds is 5. The van der Waals surface area contributed by atoms with Crippen molar-refractivity contribution in [1.29, 1.82) is 0 Å². The van der Waals surface area contributed by atoms with Crippen molar-refractivity contribution in [2.24, 2.45) is 0 Å². The van der Waals surface area contributed by atoms with Crippen LogP contribution in [0.4, 0.5) is 5.69 Å². The van der Waals surface area contributed by atoms with E-state index in [9.17, 15) is 4.79 Å². The zero-order chi connectivity index (χ0) is 17.8. The predicted octanol–water partition coefficient (Wildman–Crippen LogP) is 3.05. The van der Waals surface area contributed by atoms with Crippen LogP contribution in [0, 0.1) is 6.92 Å². The van der Waals surface area contributed by atoms with Crippen LogP contribution in [-0.4, -0.2) is 35.3 Å². The first-order valence-electron chi connectivity index (χ1n) is 7.62. The van der Waals surface area contributed by atoms with Crippen LogP contribution in [0.5, 0.6) is 11.5 Å². The van der Waals surface area contributed by atoms with Crippen molar-refractivity contribution in [3.8, 4) is 22.9 Å². The van der Waals surface area contributed by atoms with Crippen LogP contribution in [0.25, 0.3) is 11.4 Å². The number of amides is 1. The molecule has 0 aliphatic rings. The Bertz CT molecular complexity index is 866. The van der Waals surface area contributed by atoms with E-state index in [0.717, 1.165) is 11.1 Å². The normalized spacial score (nSPS) is 10.4. The van der Waals surface area contributed by atoms with Gasteiger partial charge in [-0.1, -0.05) is 12.1 Å². The lowest BCUT2D eigenvalue weighted by atomic mass is 10.1. The molecule has 0 atom stereocenters. The maximum absolute atomic E-state index is 12.6. The molecule has 0 spiro atoms. The van der Waals surface area contributed by atoms with Crippen LogP contribution >= 0.6 is 0 Å². The number of hydrogen-bond donors (Lipinski definition) is 2. The Morgan fingerprint density at radius 3 is 2.44 bits per heavy atom. The number of aromatic amines is 1. The lowest BCUT2D eigenvalue weighted by molar-refractivity contribution is 0.102. The number of benzene rings is 2. The Hall–Kier alpha value is -3.35. The van der Waals surface area contributed by atoms with Crippen molar-refractivity contribution in [3.05, 3.63) is 53.9 Å². The summed E-state index contributed by atoms with van der Waals surface area (Å²) in [6.07, 6.45) is 1.44. The van der Waals surface area contributed by atoms with Crippen molar-refractivity contribution < 1.29 is 14.3 Å². The van der Waals surface area contributed by atoms with E-state index in [0.29, 0.717) is 28.6 Å². The molecule has 7 heteroatoms. The highest BCUT2D eigenvalue weighted by atomic mass is 16.5. The molecule has 1 heterocycles. The van der Waals surface area contributed by atoms with Gasteiger partial charge in [-0.3, -0.25) is 9.89 Å². The minimum atomic E-state index is -0.258. The molecule has 0 radical (unpaired) electrons. The lowest BCUT2D eigenvalue weighted by Gasteiger charge is -2.13. The van der Waals surface area contributed by atoms with Crippen LogP contribution < -0.4 is 14.8 Å². The largest absolute Gasteiger partial charge is 0.496 e. The summed E-state index contributed by atoms with van der Waals surface area (Å²) in [6, 6.07) is 10.7. The highest BCUT2D eigenvalue weighted by molar-refractivity contribution is 6.05. The first-order valence-corrected chi connectivity index (χ1v) is 7.62. The number of anilines is 1. The molecule has 0 unspecified atom stereocenters. The number of ether oxygens (including phenoxy) is 2. The molecule has 0 bridgehead atoms. The second-order valence-corrected chi connectivity index (χ2v) is 5.37. The molecule has 7 nitrogen and oxygen atoms in total. The van der Waals surface area contributed by atoms with Crippen molar-refractivity contribution in [3.63, 3.8) is 0 Å². The molecule has 0 saturated carbocycles. The summed E-state index contributed by atoms with van der Waals surface area (Å²) >= 11 is 0. The molecule has 3 rings (SSSR count). The smallest absolute Gasteiger partial charge is 0.255 e. The minimum Gasteiger partial charge on any atom is -0.496 e. The number of aromatic nitrogens is 3. The van der Waals surface area contributed by atoms with Gasteiger partial charge in [0.2, 0.25) is 0 Å². The third-order valence-corrected chi connectivity index (χ3v) is 3.82. The second kappa shape index (κ2) is 7.04.